The Hall–Kier alpha value is -4.02. The fourth-order valence-corrected chi connectivity index (χ4v) is 5.83. The Morgan fingerprint density at radius 1 is 1.07 bits per heavy atom. The highest BCUT2D eigenvalue weighted by atomic mass is 35.5. The summed E-state index contributed by atoms with van der Waals surface area (Å²) in [5.74, 6) is -0.661. The molecule has 1 N–H and O–H groups in total. The molecule has 2 aliphatic heterocycles. The fraction of sp³-hybridized carbons (Fsp3) is 0.344. The fourth-order valence-electron chi connectivity index (χ4n) is 5.56. The van der Waals surface area contributed by atoms with Gasteiger partial charge in [0.15, 0.2) is 11.7 Å². The number of hydrogen-bond acceptors (Lipinski definition) is 8. The van der Waals surface area contributed by atoms with Gasteiger partial charge in [0.25, 0.3) is 0 Å². The van der Waals surface area contributed by atoms with Crippen molar-refractivity contribution in [2.24, 2.45) is 4.99 Å². The molecule has 3 heterocycles. The largest absolute Gasteiger partial charge is 0.488 e. The number of aliphatic imine (C=N–C) groups is 1. The number of aromatic nitrogens is 1. The van der Waals surface area contributed by atoms with Crippen molar-refractivity contribution in [3.8, 4) is 5.75 Å². The Kier molecular flexibility index (Phi) is 8.58. The monoisotopic (exact) mass is 607 g/mol. The summed E-state index contributed by atoms with van der Waals surface area (Å²) in [6.07, 6.45) is 5.13. The van der Waals surface area contributed by atoms with Crippen molar-refractivity contribution >= 4 is 29.1 Å². The van der Waals surface area contributed by atoms with Crippen LogP contribution in [0.5, 0.6) is 5.75 Å². The quantitative estimate of drug-likeness (QED) is 0.349. The van der Waals surface area contributed by atoms with Crippen molar-refractivity contribution in [3.63, 3.8) is 0 Å². The molecule has 8 nitrogen and oxygen atoms in total. The molecule has 3 aromatic rings. The Balaban J connectivity index is 1.28. The van der Waals surface area contributed by atoms with Gasteiger partial charge in [0, 0.05) is 55.2 Å². The van der Waals surface area contributed by atoms with E-state index in [1.165, 1.54) is 44.0 Å². The molecule has 224 valence electrons. The van der Waals surface area contributed by atoms with Crippen LogP contribution in [0.3, 0.4) is 0 Å². The van der Waals surface area contributed by atoms with Crippen LogP contribution in [0.25, 0.3) is 0 Å². The summed E-state index contributed by atoms with van der Waals surface area (Å²) in [6.45, 7) is 3.22. The zero-order valence-corrected chi connectivity index (χ0v) is 24.5. The summed E-state index contributed by atoms with van der Waals surface area (Å²) in [5.41, 5.74) is 2.18. The van der Waals surface area contributed by atoms with Gasteiger partial charge >= 0.3 is 5.97 Å². The number of hydrogen-bond donors (Lipinski definition) is 1. The van der Waals surface area contributed by atoms with Gasteiger partial charge in [-0.2, -0.15) is 0 Å². The zero-order valence-electron chi connectivity index (χ0n) is 23.7. The number of benzene rings is 2. The molecule has 1 atom stereocenters. The smallest absolute Gasteiger partial charge is 0.338 e. The second-order valence-corrected chi connectivity index (χ2v) is 11.2. The van der Waals surface area contributed by atoms with E-state index in [0.29, 0.717) is 30.9 Å². The number of piperazine rings is 1. The lowest BCUT2D eigenvalue weighted by Gasteiger charge is -2.38. The molecule has 1 unspecified atom stereocenters. The third-order valence-corrected chi connectivity index (χ3v) is 8.40. The predicted octanol–water partition coefficient (Wildman–Crippen LogP) is 5.28. The van der Waals surface area contributed by atoms with Crippen LogP contribution in [-0.2, 0) is 9.53 Å². The average Bonchev–Trinajstić information content (AvgIpc) is 2.99. The Bertz CT molecular complexity index is 1570. The van der Waals surface area contributed by atoms with E-state index in [-0.39, 0.29) is 28.2 Å². The number of nitrogens with one attached hydrogen (secondary N) is 1. The molecule has 0 radical (unpaired) electrons. The topological polar surface area (TPSA) is 79.3 Å². The molecular formula is C32H32ClF2N5O3. The molecule has 1 saturated carbocycles. The maximum atomic E-state index is 14.9. The van der Waals surface area contributed by atoms with Gasteiger partial charge in [-0.25, -0.2) is 18.6 Å². The molecule has 1 saturated heterocycles. The van der Waals surface area contributed by atoms with E-state index in [1.54, 1.807) is 0 Å². The van der Waals surface area contributed by atoms with Gasteiger partial charge in [-0.1, -0.05) is 29.8 Å². The Labute approximate surface area is 254 Å². The van der Waals surface area contributed by atoms with Crippen LogP contribution in [0, 0.1) is 11.6 Å². The second-order valence-electron chi connectivity index (χ2n) is 10.8. The SMILES string of the molecule is COC(=O)C1=C(CN2CCN(c3ccccc3OC3CCC3)CC2)NC(c2ncccc2F)=NC1c1ccc(F)cc1Cl. The van der Waals surface area contributed by atoms with Crippen molar-refractivity contribution in [2.45, 2.75) is 31.4 Å². The molecule has 0 amide bonds. The number of anilines is 1. The second kappa shape index (κ2) is 12.7. The third kappa shape index (κ3) is 6.21. The minimum atomic E-state index is -0.968. The molecule has 1 aromatic heterocycles. The first-order chi connectivity index (χ1) is 20.9. The summed E-state index contributed by atoms with van der Waals surface area (Å²) in [7, 11) is 1.29. The van der Waals surface area contributed by atoms with E-state index < -0.39 is 23.6 Å². The normalized spacial score (nSPS) is 19.4. The first-order valence-electron chi connectivity index (χ1n) is 14.4. The number of esters is 1. The number of carbonyl (C=O) groups is 1. The Morgan fingerprint density at radius 3 is 2.56 bits per heavy atom. The van der Waals surface area contributed by atoms with E-state index in [0.717, 1.165) is 43.4 Å². The number of para-hydroxylation sites is 2. The highest BCUT2D eigenvalue weighted by Crippen LogP contribution is 2.37. The van der Waals surface area contributed by atoms with Crippen molar-refractivity contribution in [3.05, 3.63) is 100.0 Å². The van der Waals surface area contributed by atoms with Crippen LogP contribution < -0.4 is 15.0 Å². The molecule has 11 heteroatoms. The van der Waals surface area contributed by atoms with Gasteiger partial charge in [0.05, 0.1) is 24.5 Å². The predicted molar refractivity (Wildman–Crippen MR) is 160 cm³/mol. The highest BCUT2D eigenvalue weighted by molar-refractivity contribution is 6.31. The van der Waals surface area contributed by atoms with Crippen molar-refractivity contribution in [2.75, 3.05) is 44.7 Å². The van der Waals surface area contributed by atoms with Gasteiger partial charge in [0.1, 0.15) is 23.3 Å². The summed E-state index contributed by atoms with van der Waals surface area (Å²) < 4.78 is 40.3. The third-order valence-electron chi connectivity index (χ3n) is 8.08. The van der Waals surface area contributed by atoms with Crippen molar-refractivity contribution in [1.82, 2.24) is 15.2 Å². The zero-order chi connectivity index (χ0) is 29.9. The molecule has 3 aliphatic rings. The number of halogens is 3. The highest BCUT2D eigenvalue weighted by Gasteiger charge is 2.35. The minimum Gasteiger partial charge on any atom is -0.488 e. The summed E-state index contributed by atoms with van der Waals surface area (Å²) in [4.78, 5) is 26.6. The number of ether oxygens (including phenoxy) is 2. The van der Waals surface area contributed by atoms with Crippen LogP contribution in [0.15, 0.2) is 77.1 Å². The van der Waals surface area contributed by atoms with Crippen LogP contribution in [-0.4, -0.2) is 67.6 Å². The molecule has 0 spiro atoms. The molecule has 6 rings (SSSR count). The maximum Gasteiger partial charge on any atom is 0.338 e. The molecule has 2 fully saturated rings. The van der Waals surface area contributed by atoms with Crippen LogP contribution in [0.4, 0.5) is 14.5 Å². The van der Waals surface area contributed by atoms with Gasteiger partial charge in [0.2, 0.25) is 0 Å². The maximum absolute atomic E-state index is 14.9. The number of amidine groups is 1. The number of pyridine rings is 1. The molecule has 1 aliphatic carbocycles. The van der Waals surface area contributed by atoms with E-state index >= 15 is 0 Å². The lowest BCUT2D eigenvalue weighted by atomic mass is 9.94. The van der Waals surface area contributed by atoms with E-state index in [2.05, 4.69) is 31.2 Å². The van der Waals surface area contributed by atoms with Gasteiger partial charge < -0.3 is 19.7 Å². The molecule has 43 heavy (non-hydrogen) atoms. The number of carbonyl (C=O) groups excluding carboxylic acids is 1. The summed E-state index contributed by atoms with van der Waals surface area (Å²) in [6, 6.07) is 13.8. The molecule has 0 bridgehead atoms. The van der Waals surface area contributed by atoms with Crippen LogP contribution in [0.2, 0.25) is 5.02 Å². The summed E-state index contributed by atoms with van der Waals surface area (Å²) >= 11 is 6.45. The number of nitrogens with zero attached hydrogens (tertiary/aromatic N) is 4. The Morgan fingerprint density at radius 2 is 1.86 bits per heavy atom. The number of rotatable bonds is 8. The van der Waals surface area contributed by atoms with Gasteiger partial charge in [-0.15, -0.1) is 0 Å². The van der Waals surface area contributed by atoms with Crippen molar-refractivity contribution in [1.29, 1.82) is 0 Å². The standard InChI is InChI=1S/C32H32ClF2N5O3/c1-42-32(41)28-25(19-39-14-16-40(17-15-39)26-9-2-3-10-27(26)43-21-6-4-7-21)37-31(30-24(35)8-5-13-36-30)38-29(28)22-12-11-20(34)18-23(22)33/h2-3,5,8-13,18,21,29H,4,6-7,14-17,19H2,1H3,(H,37,38). The van der Waals surface area contributed by atoms with Gasteiger partial charge in [-0.05, 0) is 55.7 Å². The average molecular weight is 608 g/mol. The molecular weight excluding hydrogens is 576 g/mol. The first kappa shape index (κ1) is 29.1. The molecule has 2 aromatic carbocycles. The summed E-state index contributed by atoms with van der Waals surface area (Å²) in [5, 5.41) is 3.27. The van der Waals surface area contributed by atoms with E-state index in [1.807, 2.05) is 18.2 Å². The van der Waals surface area contributed by atoms with E-state index in [4.69, 9.17) is 21.1 Å². The lowest BCUT2D eigenvalue weighted by molar-refractivity contribution is -0.136. The number of methoxy groups -OCH3 is 1. The van der Waals surface area contributed by atoms with Crippen molar-refractivity contribution < 1.29 is 23.0 Å². The van der Waals surface area contributed by atoms with Crippen LogP contribution >= 0.6 is 11.6 Å². The van der Waals surface area contributed by atoms with Crippen LogP contribution in [0.1, 0.15) is 36.6 Å². The van der Waals surface area contributed by atoms with E-state index in [9.17, 15) is 13.6 Å². The minimum absolute atomic E-state index is 0.0000361. The lowest BCUT2D eigenvalue weighted by Crippen LogP contribution is -2.49. The first-order valence-corrected chi connectivity index (χ1v) is 14.7. The van der Waals surface area contributed by atoms with Gasteiger partial charge in [-0.3, -0.25) is 9.89 Å².